The molecule has 1 aliphatic carbocycles. The topological polar surface area (TPSA) is 38.3 Å². The zero-order valence-corrected chi connectivity index (χ0v) is 13.8. The summed E-state index contributed by atoms with van der Waals surface area (Å²) in [5.41, 5.74) is 0.566. The van der Waals surface area contributed by atoms with E-state index in [-0.39, 0.29) is 5.91 Å². The van der Waals surface area contributed by atoms with E-state index in [9.17, 15) is 4.79 Å². The van der Waals surface area contributed by atoms with E-state index in [2.05, 4.69) is 21.2 Å². The molecule has 0 aliphatic heterocycles. The third-order valence-electron chi connectivity index (χ3n) is 3.95. The minimum absolute atomic E-state index is 0.0884. The number of rotatable bonds is 5. The Morgan fingerprint density at radius 2 is 2.20 bits per heavy atom. The van der Waals surface area contributed by atoms with Gasteiger partial charge in [-0.25, -0.2) is 0 Å². The van der Waals surface area contributed by atoms with E-state index in [0.29, 0.717) is 35.6 Å². The Morgan fingerprint density at radius 3 is 2.90 bits per heavy atom. The van der Waals surface area contributed by atoms with Crippen molar-refractivity contribution < 1.29 is 9.53 Å². The number of ether oxygens (including phenoxy) is 1. The lowest BCUT2D eigenvalue weighted by atomic mass is 9.98. The second kappa shape index (κ2) is 7.32. The second-order valence-electron chi connectivity index (χ2n) is 5.16. The molecule has 3 nitrogen and oxygen atoms in total. The highest BCUT2D eigenvalue weighted by Gasteiger charge is 2.27. The van der Waals surface area contributed by atoms with Gasteiger partial charge in [0, 0.05) is 16.9 Å². The molecule has 1 N–H and O–H groups in total. The van der Waals surface area contributed by atoms with E-state index in [0.717, 1.165) is 10.9 Å². The SMILES string of the molecule is COc1cc(Br)ccc1C(=O)NCC1CCCC1CCl. The van der Waals surface area contributed by atoms with Crippen LogP contribution in [0.2, 0.25) is 0 Å². The average molecular weight is 361 g/mol. The van der Waals surface area contributed by atoms with Crippen molar-refractivity contribution in [2.45, 2.75) is 19.3 Å². The lowest BCUT2D eigenvalue weighted by Crippen LogP contribution is -2.31. The standard InChI is InChI=1S/C15H19BrClNO2/c1-20-14-7-12(16)5-6-13(14)15(19)18-9-11-4-2-3-10(11)8-17/h5-7,10-11H,2-4,8-9H2,1H3,(H,18,19). The predicted molar refractivity (Wildman–Crippen MR) is 84.6 cm³/mol. The Morgan fingerprint density at radius 1 is 1.45 bits per heavy atom. The Labute approximate surface area is 133 Å². The van der Waals surface area contributed by atoms with Crippen LogP contribution in [-0.4, -0.2) is 25.4 Å². The number of benzene rings is 1. The van der Waals surface area contributed by atoms with Gasteiger partial charge >= 0.3 is 0 Å². The number of carbonyl (C=O) groups excluding carboxylic acids is 1. The van der Waals surface area contributed by atoms with Gasteiger partial charge in [-0.2, -0.15) is 0 Å². The maximum atomic E-state index is 12.2. The summed E-state index contributed by atoms with van der Waals surface area (Å²) in [6.07, 6.45) is 3.53. The molecule has 1 aromatic rings. The molecule has 2 atom stereocenters. The van der Waals surface area contributed by atoms with Gasteiger partial charge < -0.3 is 10.1 Å². The van der Waals surface area contributed by atoms with Crippen LogP contribution in [0.5, 0.6) is 5.75 Å². The van der Waals surface area contributed by atoms with Gasteiger partial charge in [0.1, 0.15) is 5.75 Å². The Kier molecular flexibility index (Phi) is 5.73. The van der Waals surface area contributed by atoms with Gasteiger partial charge in [0.2, 0.25) is 0 Å². The summed E-state index contributed by atoms with van der Waals surface area (Å²) in [5.74, 6) is 2.20. The summed E-state index contributed by atoms with van der Waals surface area (Å²) in [4.78, 5) is 12.2. The van der Waals surface area contributed by atoms with Gasteiger partial charge in [-0.3, -0.25) is 4.79 Å². The molecule has 1 fully saturated rings. The van der Waals surface area contributed by atoms with Crippen LogP contribution in [0.1, 0.15) is 29.6 Å². The third-order valence-corrected chi connectivity index (χ3v) is 4.84. The van der Waals surface area contributed by atoms with Crippen molar-refractivity contribution in [3.63, 3.8) is 0 Å². The first kappa shape index (κ1) is 15.6. The number of halogens is 2. The van der Waals surface area contributed by atoms with Crippen molar-refractivity contribution in [1.29, 1.82) is 0 Å². The highest BCUT2D eigenvalue weighted by atomic mass is 79.9. The largest absolute Gasteiger partial charge is 0.496 e. The lowest BCUT2D eigenvalue weighted by molar-refractivity contribution is 0.0941. The zero-order valence-electron chi connectivity index (χ0n) is 11.5. The van der Waals surface area contributed by atoms with E-state index in [1.54, 1.807) is 19.2 Å². The molecule has 0 aromatic heterocycles. The molecule has 110 valence electrons. The normalized spacial score (nSPS) is 21.8. The number of methoxy groups -OCH3 is 1. The molecule has 2 unspecified atom stereocenters. The molecule has 20 heavy (non-hydrogen) atoms. The van der Waals surface area contributed by atoms with Crippen LogP contribution in [0.3, 0.4) is 0 Å². The molecule has 0 heterocycles. The number of hydrogen-bond acceptors (Lipinski definition) is 2. The van der Waals surface area contributed by atoms with Gasteiger partial charge in [0.25, 0.3) is 5.91 Å². The molecular weight excluding hydrogens is 342 g/mol. The van der Waals surface area contributed by atoms with Gasteiger partial charge in [-0.05, 0) is 42.9 Å². The molecule has 1 aromatic carbocycles. The zero-order chi connectivity index (χ0) is 14.5. The summed E-state index contributed by atoms with van der Waals surface area (Å²) < 4.78 is 6.14. The number of amides is 1. The maximum absolute atomic E-state index is 12.2. The van der Waals surface area contributed by atoms with Crippen molar-refractivity contribution in [2.75, 3.05) is 19.5 Å². The number of carbonyl (C=O) groups is 1. The minimum atomic E-state index is -0.0884. The van der Waals surface area contributed by atoms with Crippen molar-refractivity contribution in [2.24, 2.45) is 11.8 Å². The quantitative estimate of drug-likeness (QED) is 0.810. The fourth-order valence-corrected chi connectivity index (χ4v) is 3.50. The molecule has 5 heteroatoms. The molecule has 0 bridgehead atoms. The van der Waals surface area contributed by atoms with Gasteiger partial charge in [0.15, 0.2) is 0 Å². The van der Waals surface area contributed by atoms with Crippen molar-refractivity contribution in [3.8, 4) is 5.75 Å². The molecule has 1 aliphatic rings. The van der Waals surface area contributed by atoms with Gasteiger partial charge in [-0.15, -0.1) is 11.6 Å². The van der Waals surface area contributed by atoms with Crippen LogP contribution in [-0.2, 0) is 0 Å². The first-order valence-electron chi connectivity index (χ1n) is 6.83. The summed E-state index contributed by atoms with van der Waals surface area (Å²) in [5, 5.41) is 3.01. The molecular formula is C15H19BrClNO2. The van der Waals surface area contributed by atoms with Crippen LogP contribution in [0.15, 0.2) is 22.7 Å². The first-order chi connectivity index (χ1) is 9.65. The third kappa shape index (κ3) is 3.67. The second-order valence-corrected chi connectivity index (χ2v) is 6.38. The summed E-state index contributed by atoms with van der Waals surface area (Å²) in [6.45, 7) is 0.690. The number of hydrogen-bond donors (Lipinski definition) is 1. The predicted octanol–water partition coefficient (Wildman–Crippen LogP) is 3.84. The van der Waals surface area contributed by atoms with Crippen LogP contribution in [0.25, 0.3) is 0 Å². The van der Waals surface area contributed by atoms with E-state index in [4.69, 9.17) is 16.3 Å². The Hall–Kier alpha value is -0.740. The maximum Gasteiger partial charge on any atom is 0.255 e. The van der Waals surface area contributed by atoms with E-state index >= 15 is 0 Å². The fraction of sp³-hybridized carbons (Fsp3) is 0.533. The molecule has 0 radical (unpaired) electrons. The van der Waals surface area contributed by atoms with Gasteiger partial charge in [-0.1, -0.05) is 22.4 Å². The Bertz CT molecular complexity index is 481. The van der Waals surface area contributed by atoms with Gasteiger partial charge in [0.05, 0.1) is 12.7 Å². The monoisotopic (exact) mass is 359 g/mol. The molecule has 1 saturated carbocycles. The highest BCUT2D eigenvalue weighted by Crippen LogP contribution is 2.32. The first-order valence-corrected chi connectivity index (χ1v) is 8.16. The fourth-order valence-electron chi connectivity index (χ4n) is 2.76. The van der Waals surface area contributed by atoms with Crippen LogP contribution < -0.4 is 10.1 Å². The summed E-state index contributed by atoms with van der Waals surface area (Å²) in [6, 6.07) is 5.41. The highest BCUT2D eigenvalue weighted by molar-refractivity contribution is 9.10. The van der Waals surface area contributed by atoms with E-state index < -0.39 is 0 Å². The molecule has 0 saturated heterocycles. The van der Waals surface area contributed by atoms with Crippen LogP contribution >= 0.6 is 27.5 Å². The molecule has 0 spiro atoms. The lowest BCUT2D eigenvalue weighted by Gasteiger charge is -2.18. The molecule has 1 amide bonds. The van der Waals surface area contributed by atoms with E-state index in [1.165, 1.54) is 12.8 Å². The summed E-state index contributed by atoms with van der Waals surface area (Å²) in [7, 11) is 1.57. The van der Waals surface area contributed by atoms with Crippen molar-refractivity contribution in [1.82, 2.24) is 5.32 Å². The minimum Gasteiger partial charge on any atom is -0.496 e. The van der Waals surface area contributed by atoms with Crippen LogP contribution in [0.4, 0.5) is 0 Å². The molecule has 2 rings (SSSR count). The number of nitrogens with one attached hydrogen (secondary N) is 1. The number of alkyl halides is 1. The van der Waals surface area contributed by atoms with Crippen molar-refractivity contribution in [3.05, 3.63) is 28.2 Å². The Balaban J connectivity index is 1.98. The summed E-state index contributed by atoms with van der Waals surface area (Å²) >= 11 is 9.33. The smallest absolute Gasteiger partial charge is 0.255 e. The van der Waals surface area contributed by atoms with Crippen LogP contribution in [0, 0.1) is 11.8 Å². The van der Waals surface area contributed by atoms with Crippen molar-refractivity contribution >= 4 is 33.4 Å². The average Bonchev–Trinajstić information content (AvgIpc) is 2.92. The van der Waals surface area contributed by atoms with E-state index in [1.807, 2.05) is 6.07 Å².